The van der Waals surface area contributed by atoms with Gasteiger partial charge >= 0.3 is 0 Å². The minimum atomic E-state index is 0.466. The van der Waals surface area contributed by atoms with E-state index < -0.39 is 0 Å². The van der Waals surface area contributed by atoms with Crippen molar-refractivity contribution in [3.05, 3.63) is 26.8 Å². The summed E-state index contributed by atoms with van der Waals surface area (Å²) in [5.41, 5.74) is 0.466. The van der Waals surface area contributed by atoms with E-state index in [0.717, 1.165) is 3.57 Å². The number of rotatable bonds is 1. The van der Waals surface area contributed by atoms with Crippen LogP contribution in [0.15, 0.2) is 23.2 Å². The Hall–Kier alpha value is -0.380. The van der Waals surface area contributed by atoms with Crippen LogP contribution in [0.1, 0.15) is 0 Å². The van der Waals surface area contributed by atoms with Gasteiger partial charge in [0.15, 0.2) is 0 Å². The van der Waals surface area contributed by atoms with E-state index in [9.17, 15) is 4.79 Å². The van der Waals surface area contributed by atoms with Gasteiger partial charge in [0.05, 0.1) is 10.7 Å². The highest BCUT2D eigenvalue weighted by molar-refractivity contribution is 14.1. The summed E-state index contributed by atoms with van der Waals surface area (Å²) < 4.78 is 0.876. The van der Waals surface area contributed by atoms with Gasteiger partial charge in [0, 0.05) is 3.57 Å². The van der Waals surface area contributed by atoms with Crippen molar-refractivity contribution in [2.24, 2.45) is 4.99 Å². The maximum Gasteiger partial charge on any atom is 0.240 e. The molecule has 2 nitrogen and oxygen atoms in total. The van der Waals surface area contributed by atoms with Crippen molar-refractivity contribution in [1.29, 1.82) is 0 Å². The van der Waals surface area contributed by atoms with Crippen molar-refractivity contribution in [3.63, 3.8) is 0 Å². The summed E-state index contributed by atoms with van der Waals surface area (Å²) in [5.74, 6) is 0. The lowest BCUT2D eigenvalue weighted by Crippen LogP contribution is -1.73. The molecule has 0 unspecified atom stereocenters. The van der Waals surface area contributed by atoms with Crippen molar-refractivity contribution in [2.45, 2.75) is 0 Å². The van der Waals surface area contributed by atoms with Crippen molar-refractivity contribution < 1.29 is 4.79 Å². The maximum absolute atomic E-state index is 9.89. The fourth-order valence-electron chi connectivity index (χ4n) is 0.628. The molecule has 11 heavy (non-hydrogen) atoms. The average molecular weight is 279 g/mol. The van der Waals surface area contributed by atoms with Gasteiger partial charge in [-0.3, -0.25) is 0 Å². The topological polar surface area (TPSA) is 29.4 Å². The summed E-state index contributed by atoms with van der Waals surface area (Å²) in [5, 5.41) is 0.497. The van der Waals surface area contributed by atoms with Gasteiger partial charge < -0.3 is 0 Å². The smallest absolute Gasteiger partial charge is 0.211 e. The molecule has 0 saturated heterocycles. The predicted octanol–water partition coefficient (Wildman–Crippen LogP) is 2.91. The maximum atomic E-state index is 9.89. The molecule has 0 fully saturated rings. The van der Waals surface area contributed by atoms with Gasteiger partial charge in [-0.25, -0.2) is 4.79 Å². The molecule has 0 aliphatic heterocycles. The molecule has 0 saturated carbocycles. The van der Waals surface area contributed by atoms with Crippen LogP contribution in [0, 0.1) is 3.57 Å². The predicted molar refractivity (Wildman–Crippen MR) is 52.0 cm³/mol. The lowest BCUT2D eigenvalue weighted by molar-refractivity contribution is 0.565. The van der Waals surface area contributed by atoms with Crippen LogP contribution in [-0.2, 0) is 4.79 Å². The number of isocyanates is 1. The van der Waals surface area contributed by atoms with E-state index in [1.807, 2.05) is 6.07 Å². The molecule has 4 heteroatoms. The van der Waals surface area contributed by atoms with Crippen LogP contribution in [0.25, 0.3) is 0 Å². The van der Waals surface area contributed by atoms with E-state index in [1.54, 1.807) is 12.1 Å². The molecule has 0 spiro atoms. The molecule has 1 rings (SSSR count). The largest absolute Gasteiger partial charge is 0.240 e. The first-order valence-electron chi connectivity index (χ1n) is 2.77. The molecule has 0 aliphatic carbocycles. The average Bonchev–Trinajstić information content (AvgIpc) is 1.99. The molecular weight excluding hydrogens is 276 g/mol. The number of hydrogen-bond acceptors (Lipinski definition) is 2. The summed E-state index contributed by atoms with van der Waals surface area (Å²) in [4.78, 5) is 13.3. The SMILES string of the molecule is O=C=Nc1cccc(I)c1Cl. The molecule has 0 bridgehead atoms. The molecule has 0 atom stereocenters. The third-order valence-corrected chi connectivity index (χ3v) is 2.71. The number of aliphatic imine (C=N–C) groups is 1. The molecule has 0 amide bonds. The van der Waals surface area contributed by atoms with Crippen molar-refractivity contribution >= 4 is 46.0 Å². The fourth-order valence-corrected chi connectivity index (χ4v) is 1.28. The molecule has 1 aromatic carbocycles. The Morgan fingerprint density at radius 2 is 2.27 bits per heavy atom. The molecular formula is C7H3ClINO. The molecule has 1 aromatic rings. The Morgan fingerprint density at radius 3 is 2.91 bits per heavy atom. The second-order valence-corrected chi connectivity index (χ2v) is 3.32. The molecule has 0 aromatic heterocycles. The normalized spacial score (nSPS) is 8.91. The lowest BCUT2D eigenvalue weighted by Gasteiger charge is -1.96. The molecule has 0 radical (unpaired) electrons. The van der Waals surface area contributed by atoms with Gasteiger partial charge in [-0.15, -0.1) is 0 Å². The van der Waals surface area contributed by atoms with E-state index in [0.29, 0.717) is 10.7 Å². The Bertz CT molecular complexity index is 320. The molecule has 0 heterocycles. The zero-order chi connectivity index (χ0) is 8.27. The summed E-state index contributed by atoms with van der Waals surface area (Å²) >= 11 is 7.86. The highest BCUT2D eigenvalue weighted by Crippen LogP contribution is 2.28. The van der Waals surface area contributed by atoms with Crippen LogP contribution in [0.4, 0.5) is 5.69 Å². The molecule has 0 aliphatic rings. The van der Waals surface area contributed by atoms with Crippen molar-refractivity contribution in [1.82, 2.24) is 0 Å². The van der Waals surface area contributed by atoms with Gasteiger partial charge in [-0.05, 0) is 34.7 Å². The van der Waals surface area contributed by atoms with E-state index >= 15 is 0 Å². The fraction of sp³-hybridized carbons (Fsp3) is 0. The Labute approximate surface area is 82.4 Å². The highest BCUT2D eigenvalue weighted by Gasteiger charge is 2.00. The van der Waals surface area contributed by atoms with E-state index in [-0.39, 0.29) is 0 Å². The highest BCUT2D eigenvalue weighted by atomic mass is 127. The standard InChI is InChI=1S/C7H3ClINO/c8-7-5(9)2-1-3-6(7)10-4-11/h1-3H. The van der Waals surface area contributed by atoms with Gasteiger partial charge in [0.1, 0.15) is 0 Å². The second kappa shape index (κ2) is 3.85. The monoisotopic (exact) mass is 279 g/mol. The van der Waals surface area contributed by atoms with E-state index in [2.05, 4.69) is 27.6 Å². The number of halogens is 2. The number of hydrogen-bond donors (Lipinski definition) is 0. The first-order chi connectivity index (χ1) is 5.25. The summed E-state index contributed by atoms with van der Waals surface area (Å²) in [6.07, 6.45) is 1.44. The van der Waals surface area contributed by atoms with Crippen LogP contribution in [-0.4, -0.2) is 6.08 Å². The van der Waals surface area contributed by atoms with Gasteiger partial charge in [-0.1, -0.05) is 17.7 Å². The van der Waals surface area contributed by atoms with Crippen molar-refractivity contribution in [3.8, 4) is 0 Å². The third kappa shape index (κ3) is 2.02. The lowest BCUT2D eigenvalue weighted by atomic mass is 10.3. The van der Waals surface area contributed by atoms with Gasteiger partial charge in [0.25, 0.3) is 0 Å². The van der Waals surface area contributed by atoms with Crippen LogP contribution in [0.3, 0.4) is 0 Å². The van der Waals surface area contributed by atoms with Gasteiger partial charge in [-0.2, -0.15) is 4.99 Å². The number of nitrogens with zero attached hydrogens (tertiary/aromatic N) is 1. The molecule has 0 N–H and O–H groups in total. The third-order valence-electron chi connectivity index (χ3n) is 1.10. The summed E-state index contributed by atoms with van der Waals surface area (Å²) in [6.45, 7) is 0. The first-order valence-corrected chi connectivity index (χ1v) is 4.23. The number of carbonyl (C=O) groups excluding carboxylic acids is 1. The van der Waals surface area contributed by atoms with E-state index in [4.69, 9.17) is 11.6 Å². The quantitative estimate of drug-likeness (QED) is 0.441. The van der Waals surface area contributed by atoms with Crippen LogP contribution >= 0.6 is 34.2 Å². The minimum absolute atomic E-state index is 0.466. The van der Waals surface area contributed by atoms with Crippen LogP contribution < -0.4 is 0 Å². The van der Waals surface area contributed by atoms with Crippen LogP contribution in [0.5, 0.6) is 0 Å². The Balaban J connectivity index is 3.26. The molecule has 56 valence electrons. The second-order valence-electron chi connectivity index (χ2n) is 1.78. The Morgan fingerprint density at radius 1 is 1.55 bits per heavy atom. The van der Waals surface area contributed by atoms with Crippen molar-refractivity contribution in [2.75, 3.05) is 0 Å². The zero-order valence-electron chi connectivity index (χ0n) is 5.34. The zero-order valence-corrected chi connectivity index (χ0v) is 8.26. The first kappa shape index (κ1) is 8.71. The van der Waals surface area contributed by atoms with Gasteiger partial charge in [0.2, 0.25) is 6.08 Å². The van der Waals surface area contributed by atoms with E-state index in [1.165, 1.54) is 6.08 Å². The van der Waals surface area contributed by atoms with Crippen LogP contribution in [0.2, 0.25) is 5.02 Å². The Kier molecular flexibility index (Phi) is 3.05. The summed E-state index contributed by atoms with van der Waals surface area (Å²) in [7, 11) is 0. The number of benzene rings is 1. The minimum Gasteiger partial charge on any atom is -0.211 e. The summed E-state index contributed by atoms with van der Waals surface area (Å²) in [6, 6.07) is 5.28.